The third kappa shape index (κ3) is 5.08. The first-order chi connectivity index (χ1) is 16.8. The molecule has 0 saturated carbocycles. The smallest absolute Gasteiger partial charge is 0.236 e. The summed E-state index contributed by atoms with van der Waals surface area (Å²) in [4.78, 5) is 21.0. The van der Waals surface area contributed by atoms with Gasteiger partial charge in [0.2, 0.25) is 15.9 Å². The van der Waals surface area contributed by atoms with Crippen molar-refractivity contribution in [3.05, 3.63) is 53.2 Å². The van der Waals surface area contributed by atoms with Crippen LogP contribution in [0.2, 0.25) is 0 Å². The molecule has 1 atom stereocenters. The maximum atomic E-state index is 14.0. The summed E-state index contributed by atoms with van der Waals surface area (Å²) < 4.78 is 25.7. The Kier molecular flexibility index (Phi) is 6.83. The van der Waals surface area contributed by atoms with Crippen LogP contribution in [0.5, 0.6) is 0 Å². The normalized spacial score (nSPS) is 22.7. The van der Waals surface area contributed by atoms with Crippen molar-refractivity contribution in [1.82, 2.24) is 14.6 Å². The second-order valence-corrected chi connectivity index (χ2v) is 12.1. The zero-order chi connectivity index (χ0) is 24.6. The summed E-state index contributed by atoms with van der Waals surface area (Å²) >= 11 is 0. The molecule has 0 spiro atoms. The molecular weight excluding hydrogens is 462 g/mol. The van der Waals surface area contributed by atoms with E-state index in [1.54, 1.807) is 0 Å². The lowest BCUT2D eigenvalue weighted by atomic mass is 9.78. The van der Waals surface area contributed by atoms with Gasteiger partial charge in [0.15, 0.2) is 0 Å². The second-order valence-electron chi connectivity index (χ2n) is 10.1. The minimum Gasteiger partial charge on any atom is -0.367 e. The SMILES string of the molecule is Cc1ccccc1N1Cc2ccc(NC3CCNCC3)nc2C(C2CCN(S(C)(=O)=O)CC2)C1=O. The number of piperidine rings is 2. The maximum absolute atomic E-state index is 14.0. The highest BCUT2D eigenvalue weighted by atomic mass is 32.2. The van der Waals surface area contributed by atoms with E-state index < -0.39 is 10.0 Å². The first-order valence-corrected chi connectivity index (χ1v) is 14.5. The summed E-state index contributed by atoms with van der Waals surface area (Å²) in [6, 6.07) is 12.5. The van der Waals surface area contributed by atoms with Gasteiger partial charge in [0.25, 0.3) is 0 Å². The van der Waals surface area contributed by atoms with E-state index in [-0.39, 0.29) is 17.7 Å². The van der Waals surface area contributed by atoms with Crippen LogP contribution >= 0.6 is 0 Å². The quantitative estimate of drug-likeness (QED) is 0.660. The predicted molar refractivity (Wildman–Crippen MR) is 138 cm³/mol. The van der Waals surface area contributed by atoms with Gasteiger partial charge in [0, 0.05) is 24.8 Å². The first-order valence-electron chi connectivity index (χ1n) is 12.6. The van der Waals surface area contributed by atoms with Crippen molar-refractivity contribution in [1.29, 1.82) is 0 Å². The van der Waals surface area contributed by atoms with E-state index in [4.69, 9.17) is 4.98 Å². The van der Waals surface area contributed by atoms with Crippen LogP contribution < -0.4 is 15.5 Å². The van der Waals surface area contributed by atoms with Gasteiger partial charge in [-0.1, -0.05) is 24.3 Å². The summed E-state index contributed by atoms with van der Waals surface area (Å²) in [6.45, 7) is 5.41. The molecule has 35 heavy (non-hydrogen) atoms. The lowest BCUT2D eigenvalue weighted by Crippen LogP contribution is -2.46. The van der Waals surface area contributed by atoms with Crippen LogP contribution in [0.25, 0.3) is 0 Å². The second kappa shape index (κ2) is 9.87. The van der Waals surface area contributed by atoms with Crippen molar-refractivity contribution in [2.45, 2.75) is 51.1 Å². The summed E-state index contributed by atoms with van der Waals surface area (Å²) in [7, 11) is -3.23. The van der Waals surface area contributed by atoms with E-state index in [1.165, 1.54) is 10.6 Å². The lowest BCUT2D eigenvalue weighted by molar-refractivity contribution is -0.122. The van der Waals surface area contributed by atoms with Gasteiger partial charge < -0.3 is 15.5 Å². The third-order valence-corrected chi connectivity index (χ3v) is 9.01. The van der Waals surface area contributed by atoms with Gasteiger partial charge in [-0.25, -0.2) is 17.7 Å². The summed E-state index contributed by atoms with van der Waals surface area (Å²) in [5, 5.41) is 6.97. The number of carbonyl (C=O) groups is 1. The number of anilines is 2. The number of para-hydroxylation sites is 1. The van der Waals surface area contributed by atoms with Crippen LogP contribution in [0.15, 0.2) is 36.4 Å². The van der Waals surface area contributed by atoms with Gasteiger partial charge in [-0.05, 0) is 74.9 Å². The van der Waals surface area contributed by atoms with Gasteiger partial charge in [0.05, 0.1) is 24.4 Å². The largest absolute Gasteiger partial charge is 0.367 e. The maximum Gasteiger partial charge on any atom is 0.236 e. The number of nitrogens with one attached hydrogen (secondary N) is 2. The molecule has 0 aliphatic carbocycles. The number of hydrogen-bond acceptors (Lipinski definition) is 6. The van der Waals surface area contributed by atoms with Crippen molar-refractivity contribution in [2.24, 2.45) is 5.92 Å². The highest BCUT2D eigenvalue weighted by Crippen LogP contribution is 2.41. The van der Waals surface area contributed by atoms with Crippen LogP contribution in [0.4, 0.5) is 11.5 Å². The molecule has 1 aromatic carbocycles. The molecule has 5 rings (SSSR count). The average Bonchev–Trinajstić information content (AvgIpc) is 2.84. The highest BCUT2D eigenvalue weighted by molar-refractivity contribution is 7.88. The molecule has 1 unspecified atom stereocenters. The van der Waals surface area contributed by atoms with Crippen LogP contribution in [0, 0.1) is 12.8 Å². The van der Waals surface area contributed by atoms with Crippen LogP contribution in [0.1, 0.15) is 48.4 Å². The Morgan fingerprint density at radius 1 is 1.03 bits per heavy atom. The molecular formula is C26H35N5O3S. The van der Waals surface area contributed by atoms with E-state index in [0.29, 0.717) is 38.5 Å². The monoisotopic (exact) mass is 497 g/mol. The fourth-order valence-corrected chi connectivity index (χ4v) is 6.61. The molecule has 9 heteroatoms. The molecule has 8 nitrogen and oxygen atoms in total. The molecule has 1 aromatic heterocycles. The number of hydrogen-bond donors (Lipinski definition) is 2. The number of sulfonamides is 1. The Morgan fingerprint density at radius 2 is 1.74 bits per heavy atom. The number of carbonyl (C=O) groups excluding carboxylic acids is 1. The zero-order valence-corrected chi connectivity index (χ0v) is 21.4. The Balaban J connectivity index is 1.48. The summed E-state index contributed by atoms with van der Waals surface area (Å²) in [5.41, 5.74) is 3.92. The Morgan fingerprint density at radius 3 is 2.43 bits per heavy atom. The Bertz CT molecular complexity index is 1190. The molecule has 4 heterocycles. The molecule has 3 aliphatic rings. The Hall–Kier alpha value is -2.49. The van der Waals surface area contributed by atoms with Crippen molar-refractivity contribution in [3.8, 4) is 0 Å². The van der Waals surface area contributed by atoms with E-state index in [0.717, 1.165) is 54.3 Å². The number of amides is 1. The molecule has 2 N–H and O–H groups in total. The average molecular weight is 498 g/mol. The van der Waals surface area contributed by atoms with Crippen molar-refractivity contribution in [2.75, 3.05) is 42.7 Å². The summed E-state index contributed by atoms with van der Waals surface area (Å²) in [5.74, 6) is 0.560. The highest BCUT2D eigenvalue weighted by Gasteiger charge is 2.42. The van der Waals surface area contributed by atoms with Crippen LogP contribution in [-0.2, 0) is 21.4 Å². The number of aromatic nitrogens is 1. The molecule has 2 fully saturated rings. The number of benzene rings is 1. The van der Waals surface area contributed by atoms with E-state index in [1.807, 2.05) is 42.2 Å². The van der Waals surface area contributed by atoms with Gasteiger partial charge in [-0.15, -0.1) is 0 Å². The fourth-order valence-electron chi connectivity index (χ4n) is 5.73. The van der Waals surface area contributed by atoms with Gasteiger partial charge >= 0.3 is 0 Å². The number of aryl methyl sites for hydroxylation is 1. The molecule has 0 bridgehead atoms. The van der Waals surface area contributed by atoms with E-state index >= 15 is 0 Å². The minimum atomic E-state index is -3.23. The van der Waals surface area contributed by atoms with E-state index in [2.05, 4.69) is 16.7 Å². The van der Waals surface area contributed by atoms with Gasteiger partial charge in [-0.3, -0.25) is 4.79 Å². The minimum absolute atomic E-state index is 0.0488. The van der Waals surface area contributed by atoms with Crippen molar-refractivity contribution < 1.29 is 13.2 Å². The molecule has 3 aliphatic heterocycles. The van der Waals surface area contributed by atoms with E-state index in [9.17, 15) is 13.2 Å². The molecule has 1 amide bonds. The van der Waals surface area contributed by atoms with Crippen molar-refractivity contribution in [3.63, 3.8) is 0 Å². The number of rotatable bonds is 5. The number of pyridine rings is 1. The molecule has 0 radical (unpaired) electrons. The number of nitrogens with zero attached hydrogens (tertiary/aromatic N) is 3. The zero-order valence-electron chi connectivity index (χ0n) is 20.5. The molecule has 2 saturated heterocycles. The van der Waals surface area contributed by atoms with Gasteiger partial charge in [0.1, 0.15) is 5.82 Å². The number of fused-ring (bicyclic) bond motifs is 1. The Labute approximate surface area is 208 Å². The van der Waals surface area contributed by atoms with Gasteiger partial charge in [-0.2, -0.15) is 0 Å². The molecule has 2 aromatic rings. The fraction of sp³-hybridized carbons (Fsp3) is 0.538. The van der Waals surface area contributed by atoms with Crippen molar-refractivity contribution >= 4 is 27.4 Å². The van der Waals surface area contributed by atoms with Crippen LogP contribution in [-0.4, -0.2) is 62.1 Å². The standard InChI is InChI=1S/C26H35N5O3S/c1-18-5-3-4-6-22(18)31-17-20-7-8-23(28-21-9-13-27-14-10-21)29-25(20)24(26(31)32)19-11-15-30(16-12-19)35(2,33)34/h3-8,19,21,24,27H,9-17H2,1-2H3,(H,28,29). The first kappa shape index (κ1) is 24.2. The lowest BCUT2D eigenvalue weighted by Gasteiger charge is -2.40. The topological polar surface area (TPSA) is 94.6 Å². The third-order valence-electron chi connectivity index (χ3n) is 7.70. The summed E-state index contributed by atoms with van der Waals surface area (Å²) in [6.07, 6.45) is 4.66. The predicted octanol–water partition coefficient (Wildman–Crippen LogP) is 2.86. The molecule has 188 valence electrons. The van der Waals surface area contributed by atoms with Crippen LogP contribution in [0.3, 0.4) is 0 Å².